The first-order valence-electron chi connectivity index (χ1n) is 8.32. The largest absolute Gasteiger partial charge is 0.493 e. The molecule has 0 radical (unpaired) electrons. The van der Waals surface area contributed by atoms with E-state index >= 15 is 0 Å². The van der Waals surface area contributed by atoms with Gasteiger partial charge in [0.2, 0.25) is 5.16 Å². The summed E-state index contributed by atoms with van der Waals surface area (Å²) in [5, 5.41) is 15.0. The van der Waals surface area contributed by atoms with E-state index in [0.29, 0.717) is 22.7 Å². The summed E-state index contributed by atoms with van der Waals surface area (Å²) in [5.41, 5.74) is 1.59. The number of aryl methyl sites for hydroxylation is 1. The van der Waals surface area contributed by atoms with Gasteiger partial charge in [-0.3, -0.25) is 4.79 Å². The normalized spacial score (nSPS) is 11.1. The van der Waals surface area contributed by atoms with Gasteiger partial charge in [0, 0.05) is 17.4 Å². The van der Waals surface area contributed by atoms with Gasteiger partial charge >= 0.3 is 0 Å². The van der Waals surface area contributed by atoms with Crippen LogP contribution in [0.3, 0.4) is 0 Å². The Bertz CT molecular complexity index is 864. The van der Waals surface area contributed by atoms with Gasteiger partial charge in [-0.2, -0.15) is 5.21 Å². The lowest BCUT2D eigenvalue weighted by Gasteiger charge is -2.12. The fourth-order valence-electron chi connectivity index (χ4n) is 2.58. The summed E-state index contributed by atoms with van der Waals surface area (Å²) in [6, 6.07) is 5.10. The molecule has 1 aromatic carbocycles. The molecule has 0 unspecified atom stereocenters. The third-order valence-electron chi connectivity index (χ3n) is 3.74. The molecule has 3 aromatic rings. The number of benzene rings is 1. The summed E-state index contributed by atoms with van der Waals surface area (Å²) >= 11 is 1.57. The molecule has 0 atom stereocenters. The van der Waals surface area contributed by atoms with E-state index in [9.17, 15) is 4.79 Å². The summed E-state index contributed by atoms with van der Waals surface area (Å²) in [5.74, 6) is 1.71. The number of nitrogens with one attached hydrogen (secondary N) is 1. The molecule has 8 heteroatoms. The van der Waals surface area contributed by atoms with Gasteiger partial charge in [0.15, 0.2) is 5.43 Å². The van der Waals surface area contributed by atoms with E-state index in [0.717, 1.165) is 42.7 Å². The minimum atomic E-state index is -0.0244. The Balaban J connectivity index is 1.59. The van der Waals surface area contributed by atoms with E-state index < -0.39 is 0 Å². The van der Waals surface area contributed by atoms with Crippen LogP contribution in [-0.4, -0.2) is 33.0 Å². The van der Waals surface area contributed by atoms with Gasteiger partial charge in [-0.05, 0) is 36.6 Å². The average Bonchev–Trinajstić information content (AvgIpc) is 3.13. The van der Waals surface area contributed by atoms with Crippen molar-refractivity contribution in [2.75, 3.05) is 12.4 Å². The first-order chi connectivity index (χ1) is 12.3. The highest BCUT2D eigenvalue weighted by Gasteiger charge is 2.12. The molecule has 0 bridgehead atoms. The number of nitrogens with zero attached hydrogens (tertiary/aromatic N) is 3. The van der Waals surface area contributed by atoms with Crippen LogP contribution in [0.4, 0.5) is 0 Å². The second-order valence-electron chi connectivity index (χ2n) is 5.55. The third-order valence-corrected chi connectivity index (χ3v) is 4.67. The first-order valence-corrected chi connectivity index (χ1v) is 9.30. The number of thioether (sulfide) groups is 1. The van der Waals surface area contributed by atoms with Gasteiger partial charge in [-0.1, -0.05) is 25.1 Å². The van der Waals surface area contributed by atoms with Crippen LogP contribution in [0.2, 0.25) is 0 Å². The standard InChI is InChI=1S/C17H20N4O3S/c1-2-5-13-15(7-6-12-14(22)8-10-24-16(12)13)23-9-3-4-11-25-17-18-20-21-19-17/h6-8,10H,2-5,9,11H2,1H3,(H,18,19,20,21). The van der Waals surface area contributed by atoms with Gasteiger partial charge in [0.25, 0.3) is 0 Å². The molecule has 0 saturated carbocycles. The zero-order valence-electron chi connectivity index (χ0n) is 14.0. The predicted molar refractivity (Wildman–Crippen MR) is 96.1 cm³/mol. The molecular weight excluding hydrogens is 340 g/mol. The Morgan fingerprint density at radius 3 is 3.00 bits per heavy atom. The van der Waals surface area contributed by atoms with Crippen LogP contribution >= 0.6 is 11.8 Å². The summed E-state index contributed by atoms with van der Waals surface area (Å²) < 4.78 is 11.6. The number of aromatic nitrogens is 4. The zero-order chi connectivity index (χ0) is 17.5. The molecular formula is C17H20N4O3S. The summed E-state index contributed by atoms with van der Waals surface area (Å²) in [6.07, 6.45) is 5.13. The third kappa shape index (κ3) is 4.39. The molecule has 7 nitrogen and oxygen atoms in total. The molecule has 1 N–H and O–H groups in total. The van der Waals surface area contributed by atoms with Gasteiger partial charge in [-0.15, -0.1) is 10.2 Å². The van der Waals surface area contributed by atoms with Crippen molar-refractivity contribution in [1.82, 2.24) is 20.6 Å². The minimum absolute atomic E-state index is 0.0244. The number of aromatic amines is 1. The maximum atomic E-state index is 12.0. The van der Waals surface area contributed by atoms with E-state index in [2.05, 4.69) is 27.5 Å². The minimum Gasteiger partial charge on any atom is -0.493 e. The van der Waals surface area contributed by atoms with Crippen molar-refractivity contribution in [1.29, 1.82) is 0 Å². The Hall–Kier alpha value is -2.35. The quantitative estimate of drug-likeness (QED) is 0.462. The predicted octanol–water partition coefficient (Wildman–Crippen LogP) is 3.21. The highest BCUT2D eigenvalue weighted by molar-refractivity contribution is 7.99. The molecule has 132 valence electrons. The molecule has 25 heavy (non-hydrogen) atoms. The fraction of sp³-hybridized carbons (Fsp3) is 0.412. The van der Waals surface area contributed by atoms with Crippen LogP contribution in [-0.2, 0) is 6.42 Å². The summed E-state index contributed by atoms with van der Waals surface area (Å²) in [4.78, 5) is 12.0. The lowest BCUT2D eigenvalue weighted by atomic mass is 10.1. The summed E-state index contributed by atoms with van der Waals surface area (Å²) in [7, 11) is 0. The van der Waals surface area contributed by atoms with Gasteiger partial charge < -0.3 is 9.15 Å². The smallest absolute Gasteiger partial charge is 0.230 e. The number of hydrogen-bond donors (Lipinski definition) is 1. The number of hydrogen-bond acceptors (Lipinski definition) is 7. The molecule has 0 saturated heterocycles. The van der Waals surface area contributed by atoms with Crippen LogP contribution in [0.5, 0.6) is 5.75 Å². The maximum Gasteiger partial charge on any atom is 0.230 e. The van der Waals surface area contributed by atoms with Gasteiger partial charge in [0.1, 0.15) is 11.3 Å². The van der Waals surface area contributed by atoms with Gasteiger partial charge in [0.05, 0.1) is 18.3 Å². The lowest BCUT2D eigenvalue weighted by Crippen LogP contribution is -2.04. The molecule has 2 aromatic heterocycles. The summed E-state index contributed by atoms with van der Waals surface area (Å²) in [6.45, 7) is 2.71. The van der Waals surface area contributed by atoms with Crippen molar-refractivity contribution in [3.05, 3.63) is 40.2 Å². The number of rotatable bonds is 9. The van der Waals surface area contributed by atoms with Crippen molar-refractivity contribution in [2.45, 2.75) is 37.8 Å². The molecule has 0 aliphatic rings. The molecule has 3 rings (SSSR count). The molecule has 0 spiro atoms. The van der Waals surface area contributed by atoms with Crippen LogP contribution < -0.4 is 10.2 Å². The van der Waals surface area contributed by atoms with Gasteiger partial charge in [-0.25, -0.2) is 0 Å². The number of tetrazole rings is 1. The lowest BCUT2D eigenvalue weighted by molar-refractivity contribution is 0.306. The topological polar surface area (TPSA) is 93.9 Å². The highest BCUT2D eigenvalue weighted by atomic mass is 32.2. The molecule has 2 heterocycles. The maximum absolute atomic E-state index is 12.0. The van der Waals surface area contributed by atoms with E-state index in [1.165, 1.54) is 12.3 Å². The average molecular weight is 360 g/mol. The van der Waals surface area contributed by atoms with E-state index in [4.69, 9.17) is 9.15 Å². The Kier molecular flexibility index (Phi) is 6.05. The number of fused-ring (bicyclic) bond motifs is 1. The van der Waals surface area contributed by atoms with Crippen LogP contribution in [0.1, 0.15) is 31.7 Å². The van der Waals surface area contributed by atoms with E-state index in [1.54, 1.807) is 17.8 Å². The van der Waals surface area contributed by atoms with E-state index in [-0.39, 0.29) is 5.43 Å². The second kappa shape index (κ2) is 8.66. The fourth-order valence-corrected chi connectivity index (χ4v) is 3.31. The molecule has 0 fully saturated rings. The van der Waals surface area contributed by atoms with Crippen LogP contribution in [0.15, 0.2) is 38.8 Å². The number of ether oxygens (including phenoxy) is 1. The molecule has 0 aliphatic heterocycles. The van der Waals surface area contributed by atoms with E-state index in [1.807, 2.05) is 6.07 Å². The van der Waals surface area contributed by atoms with Crippen molar-refractivity contribution in [2.24, 2.45) is 0 Å². The second-order valence-corrected chi connectivity index (χ2v) is 6.61. The Labute approximate surface area is 149 Å². The van der Waals surface area contributed by atoms with Crippen molar-refractivity contribution >= 4 is 22.7 Å². The Morgan fingerprint density at radius 1 is 1.28 bits per heavy atom. The molecule has 0 aliphatic carbocycles. The highest BCUT2D eigenvalue weighted by Crippen LogP contribution is 2.28. The van der Waals surface area contributed by atoms with Crippen LogP contribution in [0, 0.1) is 0 Å². The SMILES string of the molecule is CCCc1c(OCCCCSc2nn[nH]n2)ccc2c(=O)ccoc12. The number of unbranched alkanes of at least 4 members (excludes halogenated alkanes) is 1. The Morgan fingerprint density at radius 2 is 2.20 bits per heavy atom. The van der Waals surface area contributed by atoms with Crippen molar-refractivity contribution < 1.29 is 9.15 Å². The van der Waals surface area contributed by atoms with Crippen molar-refractivity contribution in [3.63, 3.8) is 0 Å². The molecule has 0 amide bonds. The monoisotopic (exact) mass is 360 g/mol. The first kappa shape index (κ1) is 17.5. The van der Waals surface area contributed by atoms with Crippen molar-refractivity contribution in [3.8, 4) is 5.75 Å². The number of H-pyrrole nitrogens is 1. The zero-order valence-corrected chi connectivity index (χ0v) is 14.8. The van der Waals surface area contributed by atoms with Crippen LogP contribution in [0.25, 0.3) is 11.0 Å².